The fourth-order valence-corrected chi connectivity index (χ4v) is 2.74. The van der Waals surface area contributed by atoms with Crippen molar-refractivity contribution in [3.05, 3.63) is 34.8 Å². The van der Waals surface area contributed by atoms with Crippen molar-refractivity contribution >= 4 is 5.97 Å². The second-order valence-corrected chi connectivity index (χ2v) is 7.33. The number of rotatable bonds is 6. The average Bonchev–Trinajstić information content (AvgIpc) is 2.91. The van der Waals surface area contributed by atoms with Gasteiger partial charge in [-0.1, -0.05) is 0 Å². The number of hydrogen-bond donors (Lipinski definition) is 1. The van der Waals surface area contributed by atoms with Crippen LogP contribution in [0, 0.1) is 6.92 Å². The maximum Gasteiger partial charge on any atom is 0.420 e. The first-order valence-electron chi connectivity index (χ1n) is 9.01. The molecule has 0 fully saturated rings. The van der Waals surface area contributed by atoms with Gasteiger partial charge in [0, 0.05) is 18.4 Å². The molecule has 2 aromatic heterocycles. The SMILES string of the molecule is CCOC(=O)c1nn(C(C)(C)C)c(Oc2cncc(CCO)c2C(F)(F)F)c1C. The Balaban J connectivity index is 2.65. The molecule has 0 saturated carbocycles. The van der Waals surface area contributed by atoms with Crippen molar-refractivity contribution in [1.82, 2.24) is 14.8 Å². The number of hydrogen-bond acceptors (Lipinski definition) is 6. The standard InChI is InChI=1S/C19H24F3N3O4/c1-6-28-17(27)15-11(2)16(25(24-15)18(3,4)5)29-13-10-23-9-12(7-8-26)14(13)19(20,21)22/h9-10,26H,6-8H2,1-5H3. The number of carbonyl (C=O) groups is 1. The molecule has 0 unspecified atom stereocenters. The van der Waals surface area contributed by atoms with Crippen LogP contribution in [-0.2, 0) is 22.9 Å². The van der Waals surface area contributed by atoms with Crippen LogP contribution in [0.25, 0.3) is 0 Å². The van der Waals surface area contributed by atoms with Gasteiger partial charge in [-0.3, -0.25) is 4.98 Å². The molecule has 0 aromatic carbocycles. The number of pyridine rings is 1. The summed E-state index contributed by atoms with van der Waals surface area (Å²) in [6.07, 6.45) is -2.96. The Morgan fingerprint density at radius 3 is 2.41 bits per heavy atom. The number of ether oxygens (including phenoxy) is 2. The van der Waals surface area contributed by atoms with Gasteiger partial charge in [0.2, 0.25) is 5.88 Å². The zero-order valence-electron chi connectivity index (χ0n) is 16.9. The molecule has 0 radical (unpaired) electrons. The molecule has 0 atom stereocenters. The molecule has 160 valence electrons. The number of halogens is 3. The molecule has 0 bridgehead atoms. The predicted molar refractivity (Wildman–Crippen MR) is 98.0 cm³/mol. The van der Waals surface area contributed by atoms with Crippen LogP contribution in [0.4, 0.5) is 13.2 Å². The van der Waals surface area contributed by atoms with Gasteiger partial charge in [-0.2, -0.15) is 18.3 Å². The summed E-state index contributed by atoms with van der Waals surface area (Å²) in [6.45, 7) is 8.13. The molecule has 0 amide bonds. The number of aliphatic hydroxyl groups is 1. The van der Waals surface area contributed by atoms with E-state index in [1.807, 2.05) is 0 Å². The zero-order valence-corrected chi connectivity index (χ0v) is 16.9. The molecule has 7 nitrogen and oxygen atoms in total. The summed E-state index contributed by atoms with van der Waals surface area (Å²) in [5, 5.41) is 13.3. The Kier molecular flexibility index (Phi) is 6.56. The van der Waals surface area contributed by atoms with E-state index in [0.29, 0.717) is 0 Å². The lowest BCUT2D eigenvalue weighted by molar-refractivity contribution is -0.139. The van der Waals surface area contributed by atoms with Gasteiger partial charge in [0.05, 0.1) is 18.3 Å². The van der Waals surface area contributed by atoms with Crippen molar-refractivity contribution in [3.8, 4) is 11.6 Å². The first-order valence-corrected chi connectivity index (χ1v) is 9.01. The van der Waals surface area contributed by atoms with Gasteiger partial charge in [-0.05, 0) is 46.6 Å². The molecule has 1 N–H and O–H groups in total. The van der Waals surface area contributed by atoms with E-state index < -0.39 is 35.6 Å². The van der Waals surface area contributed by atoms with E-state index in [9.17, 15) is 18.0 Å². The lowest BCUT2D eigenvalue weighted by Crippen LogP contribution is -2.24. The average molecular weight is 415 g/mol. The van der Waals surface area contributed by atoms with E-state index in [4.69, 9.17) is 14.6 Å². The smallest absolute Gasteiger partial charge is 0.420 e. The highest BCUT2D eigenvalue weighted by atomic mass is 19.4. The van der Waals surface area contributed by atoms with Gasteiger partial charge in [0.25, 0.3) is 0 Å². The van der Waals surface area contributed by atoms with Crippen molar-refractivity contribution in [2.45, 2.75) is 52.8 Å². The third kappa shape index (κ3) is 4.87. The van der Waals surface area contributed by atoms with Gasteiger partial charge < -0.3 is 14.6 Å². The lowest BCUT2D eigenvalue weighted by Gasteiger charge is -2.23. The van der Waals surface area contributed by atoms with Crippen molar-refractivity contribution < 1.29 is 32.5 Å². The topological polar surface area (TPSA) is 86.5 Å². The van der Waals surface area contributed by atoms with E-state index in [1.165, 1.54) is 11.6 Å². The Hall–Kier alpha value is -2.62. The van der Waals surface area contributed by atoms with Gasteiger partial charge in [-0.25, -0.2) is 9.48 Å². The van der Waals surface area contributed by atoms with E-state index in [1.54, 1.807) is 27.7 Å². The molecule has 2 heterocycles. The van der Waals surface area contributed by atoms with Crippen LogP contribution in [0.15, 0.2) is 12.4 Å². The van der Waals surface area contributed by atoms with Gasteiger partial charge in [-0.15, -0.1) is 0 Å². The summed E-state index contributed by atoms with van der Waals surface area (Å²) >= 11 is 0. The number of nitrogens with zero attached hydrogens (tertiary/aromatic N) is 3. The summed E-state index contributed by atoms with van der Waals surface area (Å²) in [4.78, 5) is 16.0. The molecular weight excluding hydrogens is 391 g/mol. The van der Waals surface area contributed by atoms with E-state index in [0.717, 1.165) is 12.4 Å². The monoisotopic (exact) mass is 415 g/mol. The van der Waals surface area contributed by atoms with Gasteiger partial charge in [0.1, 0.15) is 5.56 Å². The zero-order chi connectivity index (χ0) is 22.0. The highest BCUT2D eigenvalue weighted by molar-refractivity contribution is 5.89. The van der Waals surface area contributed by atoms with Crippen LogP contribution in [0.5, 0.6) is 11.6 Å². The minimum absolute atomic E-state index is 0.0194. The van der Waals surface area contributed by atoms with Crippen molar-refractivity contribution in [2.75, 3.05) is 13.2 Å². The van der Waals surface area contributed by atoms with Crippen molar-refractivity contribution in [3.63, 3.8) is 0 Å². The first kappa shape index (κ1) is 22.7. The van der Waals surface area contributed by atoms with Crippen molar-refractivity contribution in [1.29, 1.82) is 0 Å². The van der Waals surface area contributed by atoms with Crippen LogP contribution in [0.1, 0.15) is 54.9 Å². The third-order valence-electron chi connectivity index (χ3n) is 4.03. The number of alkyl halides is 3. The summed E-state index contributed by atoms with van der Waals surface area (Å²) in [6, 6.07) is 0. The van der Waals surface area contributed by atoms with Gasteiger partial charge in [0.15, 0.2) is 11.4 Å². The fraction of sp³-hybridized carbons (Fsp3) is 0.526. The van der Waals surface area contributed by atoms with E-state index >= 15 is 0 Å². The number of aliphatic hydroxyl groups excluding tert-OH is 1. The van der Waals surface area contributed by atoms with Crippen LogP contribution in [-0.4, -0.2) is 39.1 Å². The molecule has 0 saturated heterocycles. The maximum absolute atomic E-state index is 13.7. The third-order valence-corrected chi connectivity index (χ3v) is 4.03. The normalized spacial score (nSPS) is 12.2. The molecule has 10 heteroatoms. The number of aromatic nitrogens is 3. The molecule has 0 spiro atoms. The molecule has 0 aliphatic rings. The van der Waals surface area contributed by atoms with Crippen molar-refractivity contribution in [2.24, 2.45) is 0 Å². The fourth-order valence-electron chi connectivity index (χ4n) is 2.74. The summed E-state index contributed by atoms with van der Waals surface area (Å²) in [5.41, 5.74) is -1.70. The number of esters is 1. The van der Waals surface area contributed by atoms with E-state index in [-0.39, 0.29) is 35.7 Å². The Morgan fingerprint density at radius 1 is 1.24 bits per heavy atom. The second kappa shape index (κ2) is 8.40. The van der Waals surface area contributed by atoms with Crippen LogP contribution in [0.3, 0.4) is 0 Å². The summed E-state index contributed by atoms with van der Waals surface area (Å²) in [5.74, 6) is -1.25. The van der Waals surface area contributed by atoms with Crippen LogP contribution in [0.2, 0.25) is 0 Å². The van der Waals surface area contributed by atoms with Crippen LogP contribution < -0.4 is 4.74 Å². The first-order chi connectivity index (χ1) is 13.4. The molecule has 29 heavy (non-hydrogen) atoms. The molecule has 2 rings (SSSR count). The predicted octanol–water partition coefficient (Wildman–Crippen LogP) is 3.86. The number of carbonyl (C=O) groups excluding carboxylic acids is 1. The Labute approximate surface area is 166 Å². The summed E-state index contributed by atoms with van der Waals surface area (Å²) < 4.78 is 53.1. The lowest BCUT2D eigenvalue weighted by atomic mass is 10.1. The minimum atomic E-state index is -4.73. The largest absolute Gasteiger partial charge is 0.461 e. The van der Waals surface area contributed by atoms with Crippen LogP contribution >= 0.6 is 0 Å². The molecule has 0 aliphatic heterocycles. The second-order valence-electron chi connectivity index (χ2n) is 7.33. The minimum Gasteiger partial charge on any atom is -0.461 e. The Bertz CT molecular complexity index is 886. The molecular formula is C19H24F3N3O4. The highest BCUT2D eigenvalue weighted by Gasteiger charge is 2.38. The highest BCUT2D eigenvalue weighted by Crippen LogP contribution is 2.41. The van der Waals surface area contributed by atoms with E-state index in [2.05, 4.69) is 10.1 Å². The molecule has 2 aromatic rings. The Morgan fingerprint density at radius 2 is 1.90 bits per heavy atom. The van der Waals surface area contributed by atoms with Gasteiger partial charge >= 0.3 is 12.1 Å². The summed E-state index contributed by atoms with van der Waals surface area (Å²) in [7, 11) is 0. The quantitative estimate of drug-likeness (QED) is 0.721. The molecule has 0 aliphatic carbocycles. The maximum atomic E-state index is 13.7.